The van der Waals surface area contributed by atoms with Gasteiger partial charge in [-0.15, -0.1) is 0 Å². The summed E-state index contributed by atoms with van der Waals surface area (Å²) in [7, 11) is -3.90. The molecule has 1 aliphatic heterocycles. The van der Waals surface area contributed by atoms with E-state index in [0.29, 0.717) is 11.3 Å². The molecule has 6 nitrogen and oxygen atoms in total. The Kier molecular flexibility index (Phi) is 4.89. The molecule has 0 saturated heterocycles. The molecule has 0 aliphatic carbocycles. The van der Waals surface area contributed by atoms with Gasteiger partial charge >= 0.3 is 0 Å². The van der Waals surface area contributed by atoms with Crippen molar-refractivity contribution in [3.63, 3.8) is 0 Å². The molecule has 0 atom stereocenters. The molecule has 1 aliphatic rings. The zero-order valence-corrected chi connectivity index (χ0v) is 14.4. The summed E-state index contributed by atoms with van der Waals surface area (Å²) in [5.74, 6) is 2.01. The molecule has 1 heterocycles. The monoisotopic (exact) mass is 349 g/mol. The summed E-state index contributed by atoms with van der Waals surface area (Å²) < 4.78 is 28.6. The molecular weight excluding hydrogens is 334 g/mol. The predicted octanol–water partition coefficient (Wildman–Crippen LogP) is 2.95. The predicted molar refractivity (Wildman–Crippen MR) is 92.6 cm³/mol. The van der Waals surface area contributed by atoms with E-state index in [2.05, 4.69) is 15.6 Å². The minimum Gasteiger partial charge on any atom is -0.326 e. The topological polar surface area (TPSA) is 99.4 Å². The Morgan fingerprint density at radius 2 is 1.87 bits per heavy atom. The Bertz CT molecular complexity index is 875. The zero-order valence-electron chi connectivity index (χ0n) is 12.8. The third kappa shape index (κ3) is 3.79. The third-order valence-electron chi connectivity index (χ3n) is 3.17. The van der Waals surface area contributed by atoms with Crippen molar-refractivity contribution in [1.29, 1.82) is 5.41 Å². The molecule has 0 saturated carbocycles. The van der Waals surface area contributed by atoms with Gasteiger partial charge in [-0.2, -0.15) is 12.8 Å². The van der Waals surface area contributed by atoms with Gasteiger partial charge in [0.1, 0.15) is 5.04 Å². The van der Waals surface area contributed by atoms with Crippen molar-refractivity contribution in [2.75, 3.05) is 5.32 Å². The second kappa shape index (κ2) is 6.54. The summed E-state index contributed by atoms with van der Waals surface area (Å²) in [5, 5.41) is 10.1. The van der Waals surface area contributed by atoms with Crippen LogP contribution in [0.1, 0.15) is 20.8 Å². The van der Waals surface area contributed by atoms with E-state index in [-0.39, 0.29) is 15.8 Å². The molecule has 0 radical (unpaired) electrons. The summed E-state index contributed by atoms with van der Waals surface area (Å²) in [6, 6.07) is 5.76. The van der Waals surface area contributed by atoms with Crippen LogP contribution < -0.4 is 5.32 Å². The summed E-state index contributed by atoms with van der Waals surface area (Å²) in [4.78, 5) is 11.9. The first kappa shape index (κ1) is 17.2. The van der Waals surface area contributed by atoms with Gasteiger partial charge in [-0.3, -0.25) is 10.2 Å². The van der Waals surface area contributed by atoms with Crippen LogP contribution in [-0.4, -0.2) is 25.2 Å². The van der Waals surface area contributed by atoms with Crippen LogP contribution in [0, 0.1) is 5.41 Å². The number of amides is 1. The van der Waals surface area contributed by atoms with E-state index >= 15 is 0 Å². The highest BCUT2D eigenvalue weighted by molar-refractivity contribution is 8.18. The molecule has 23 heavy (non-hydrogen) atoms. The maximum atomic E-state index is 12.4. The van der Waals surface area contributed by atoms with Crippen LogP contribution in [0.3, 0.4) is 0 Å². The van der Waals surface area contributed by atoms with E-state index in [1.54, 1.807) is 6.92 Å². The molecule has 1 aromatic rings. The van der Waals surface area contributed by atoms with E-state index in [9.17, 15) is 13.2 Å². The first-order valence-corrected chi connectivity index (χ1v) is 8.88. The number of hydrogen-bond acceptors (Lipinski definition) is 5. The first-order chi connectivity index (χ1) is 10.7. The number of sulfonamides is 1. The quantitative estimate of drug-likeness (QED) is 0.819. The van der Waals surface area contributed by atoms with Gasteiger partial charge in [0, 0.05) is 12.6 Å². The average molecular weight is 349 g/mol. The molecule has 1 aromatic carbocycles. The van der Waals surface area contributed by atoms with Gasteiger partial charge in [0.05, 0.1) is 10.5 Å². The molecule has 2 rings (SSSR count). The summed E-state index contributed by atoms with van der Waals surface area (Å²) in [6.07, 6.45) is 0. The number of rotatable bonds is 3. The lowest BCUT2D eigenvalue weighted by atomic mass is 10.1. The smallest absolute Gasteiger partial charge is 0.283 e. The number of benzene rings is 1. The standard InChI is InChI=1S/C15H15N3O3S2/c1-9-10(2)22-15(14(9)8-16)18-23(20,21)13-6-4-12(5-7-13)17-11(3)19/h4-7,16H,1-3H3,(H,17,19). The van der Waals surface area contributed by atoms with Gasteiger partial charge in [0.15, 0.2) is 0 Å². The van der Waals surface area contributed by atoms with Crippen molar-refractivity contribution >= 4 is 44.3 Å². The van der Waals surface area contributed by atoms with Crippen LogP contribution >= 0.6 is 11.8 Å². The zero-order chi connectivity index (χ0) is 17.2. The first-order valence-electron chi connectivity index (χ1n) is 6.63. The van der Waals surface area contributed by atoms with Gasteiger partial charge in [0.25, 0.3) is 10.0 Å². The Morgan fingerprint density at radius 1 is 1.26 bits per heavy atom. The fourth-order valence-corrected chi connectivity index (χ4v) is 4.09. The van der Waals surface area contributed by atoms with E-state index in [1.807, 2.05) is 6.92 Å². The van der Waals surface area contributed by atoms with E-state index in [4.69, 9.17) is 5.41 Å². The van der Waals surface area contributed by atoms with Crippen LogP contribution in [-0.2, 0) is 14.8 Å². The molecule has 0 unspecified atom stereocenters. The van der Waals surface area contributed by atoms with Crippen molar-refractivity contribution in [3.05, 3.63) is 40.3 Å². The van der Waals surface area contributed by atoms with Crippen LogP contribution in [0.5, 0.6) is 0 Å². The Hall–Kier alpha value is -2.15. The molecule has 8 heteroatoms. The largest absolute Gasteiger partial charge is 0.326 e. The molecule has 2 N–H and O–H groups in total. The fraction of sp³-hybridized carbons (Fsp3) is 0.200. The fourth-order valence-electron chi connectivity index (χ4n) is 1.90. The maximum Gasteiger partial charge on any atom is 0.283 e. The number of carbonyl (C=O) groups excluding carboxylic acids is 1. The van der Waals surface area contributed by atoms with Gasteiger partial charge in [-0.05, 0) is 54.5 Å². The lowest BCUT2D eigenvalue weighted by Crippen LogP contribution is -2.06. The average Bonchev–Trinajstić information content (AvgIpc) is 2.72. The van der Waals surface area contributed by atoms with Gasteiger partial charge in [0.2, 0.25) is 5.91 Å². The van der Waals surface area contributed by atoms with Crippen LogP contribution in [0.4, 0.5) is 5.69 Å². The normalized spacial score (nSPS) is 16.7. The molecule has 120 valence electrons. The lowest BCUT2D eigenvalue weighted by molar-refractivity contribution is -0.114. The van der Waals surface area contributed by atoms with Crippen LogP contribution in [0.2, 0.25) is 0 Å². The molecule has 0 spiro atoms. The summed E-state index contributed by atoms with van der Waals surface area (Å²) in [5.41, 5.74) is 1.71. The molecule has 0 fully saturated rings. The van der Waals surface area contributed by atoms with E-state index in [0.717, 1.165) is 10.5 Å². The highest BCUT2D eigenvalue weighted by atomic mass is 32.2. The Balaban J connectivity index is 2.35. The number of nitrogens with one attached hydrogen (secondary N) is 2. The minimum atomic E-state index is -3.90. The van der Waals surface area contributed by atoms with E-state index < -0.39 is 10.0 Å². The number of hydrogen-bond donors (Lipinski definition) is 2. The summed E-state index contributed by atoms with van der Waals surface area (Å²) in [6.45, 7) is 5.02. The second-order valence-corrected chi connectivity index (χ2v) is 7.67. The SMILES string of the molecule is CC(=O)Nc1ccc(S(=O)(=O)N=C2SC(C)=C(C)C2=C=N)cc1. The van der Waals surface area contributed by atoms with Crippen molar-refractivity contribution in [2.24, 2.45) is 4.40 Å². The van der Waals surface area contributed by atoms with Gasteiger partial charge in [-0.1, -0.05) is 11.8 Å². The highest BCUT2D eigenvalue weighted by Gasteiger charge is 2.25. The van der Waals surface area contributed by atoms with Crippen LogP contribution in [0.15, 0.2) is 49.6 Å². The maximum absolute atomic E-state index is 12.4. The number of carbonyl (C=O) groups is 1. The van der Waals surface area contributed by atoms with Gasteiger partial charge in [-0.25, -0.2) is 0 Å². The van der Waals surface area contributed by atoms with Crippen molar-refractivity contribution in [1.82, 2.24) is 0 Å². The molecule has 0 bridgehead atoms. The third-order valence-corrected chi connectivity index (χ3v) is 5.67. The summed E-state index contributed by atoms with van der Waals surface area (Å²) >= 11 is 1.21. The van der Waals surface area contributed by atoms with E-state index in [1.165, 1.54) is 43.0 Å². The van der Waals surface area contributed by atoms with Crippen LogP contribution in [0.25, 0.3) is 0 Å². The second-order valence-electron chi connectivity index (χ2n) is 4.86. The molecule has 0 aromatic heterocycles. The van der Waals surface area contributed by atoms with Gasteiger partial charge < -0.3 is 5.32 Å². The lowest BCUT2D eigenvalue weighted by Gasteiger charge is -2.04. The number of anilines is 1. The molecular formula is C15H15N3O3S2. The molecule has 1 amide bonds. The minimum absolute atomic E-state index is 0.0197. The van der Waals surface area contributed by atoms with Crippen molar-refractivity contribution < 1.29 is 13.2 Å². The Labute approximate surface area is 139 Å². The highest BCUT2D eigenvalue weighted by Crippen LogP contribution is 2.37. The number of allylic oxidation sites excluding steroid dienone is 2. The number of thioether (sulfide) groups is 1. The number of nitrogens with zero attached hydrogens (tertiary/aromatic N) is 1. The Morgan fingerprint density at radius 3 is 2.39 bits per heavy atom. The van der Waals surface area contributed by atoms with Crippen molar-refractivity contribution in [2.45, 2.75) is 25.7 Å². The van der Waals surface area contributed by atoms with Crippen molar-refractivity contribution in [3.8, 4) is 0 Å².